The van der Waals surface area contributed by atoms with E-state index in [2.05, 4.69) is 4.72 Å². The number of hydrogen-bond donors (Lipinski definition) is 1. The Balaban J connectivity index is 1.89. The number of nitrogens with one attached hydrogen (secondary N) is 1. The zero-order valence-electron chi connectivity index (χ0n) is 25.5. The van der Waals surface area contributed by atoms with Gasteiger partial charge in [0.15, 0.2) is 0 Å². The Hall–Kier alpha value is -3.18. The predicted octanol–water partition coefficient (Wildman–Crippen LogP) is 5.46. The van der Waals surface area contributed by atoms with E-state index in [0.29, 0.717) is 36.3 Å². The highest BCUT2D eigenvalue weighted by Crippen LogP contribution is 2.34. The highest BCUT2D eigenvalue weighted by molar-refractivity contribution is 7.88. The van der Waals surface area contributed by atoms with Crippen LogP contribution in [-0.2, 0) is 30.7 Å². The Morgan fingerprint density at radius 3 is 2.26 bits per heavy atom. The number of sulfonamides is 1. The van der Waals surface area contributed by atoms with Crippen LogP contribution in [0.15, 0.2) is 42.5 Å². The minimum Gasteiger partial charge on any atom is -0.492 e. The van der Waals surface area contributed by atoms with Gasteiger partial charge >= 0.3 is 12.1 Å². The van der Waals surface area contributed by atoms with Gasteiger partial charge in [0.25, 0.3) is 0 Å². The summed E-state index contributed by atoms with van der Waals surface area (Å²) in [6, 6.07) is 10.6. The van der Waals surface area contributed by atoms with Gasteiger partial charge in [-0.15, -0.1) is 0 Å². The summed E-state index contributed by atoms with van der Waals surface area (Å²) in [6.45, 7) is 11.0. The Morgan fingerprint density at radius 2 is 1.62 bits per heavy atom. The van der Waals surface area contributed by atoms with E-state index in [9.17, 15) is 18.0 Å². The van der Waals surface area contributed by atoms with Crippen LogP contribution < -0.4 is 9.46 Å². The molecule has 0 saturated carbocycles. The number of rotatable bonds is 9. The second kappa shape index (κ2) is 13.4. The molecule has 11 heteroatoms. The summed E-state index contributed by atoms with van der Waals surface area (Å²) in [5.41, 5.74) is -0.257. The number of benzene rings is 2. The average Bonchev–Trinajstić information content (AvgIpc) is 2.83. The normalized spacial score (nSPS) is 18.0. The lowest BCUT2D eigenvalue weighted by atomic mass is 9.90. The number of halogens is 1. The van der Waals surface area contributed by atoms with E-state index in [1.54, 1.807) is 84.0 Å². The quantitative estimate of drug-likeness (QED) is 0.377. The number of carbonyl (C=O) groups is 2. The molecule has 2 aromatic carbocycles. The van der Waals surface area contributed by atoms with E-state index >= 15 is 4.39 Å². The van der Waals surface area contributed by atoms with Crippen molar-refractivity contribution in [3.63, 3.8) is 0 Å². The maximum absolute atomic E-state index is 16.2. The summed E-state index contributed by atoms with van der Waals surface area (Å²) in [5.74, 6) is -0.497. The minimum absolute atomic E-state index is 0.0328. The van der Waals surface area contributed by atoms with Crippen molar-refractivity contribution in [2.75, 3.05) is 19.4 Å². The maximum atomic E-state index is 16.2. The third-order valence-electron chi connectivity index (χ3n) is 6.44. The van der Waals surface area contributed by atoms with Gasteiger partial charge in [-0.2, -0.15) is 0 Å². The van der Waals surface area contributed by atoms with E-state index in [1.807, 2.05) is 0 Å². The first kappa shape index (κ1) is 33.3. The van der Waals surface area contributed by atoms with Crippen molar-refractivity contribution in [1.82, 2.24) is 9.62 Å². The molecule has 2 atom stereocenters. The standard InChI is InChI=1S/C31H43FN2O7S/c1-30(2,3)40-27(35)17-19-39-26-16-9-8-13-22(26)23-14-10-12-21(28(23)32)20-25-24(33-42(7,37)38)15-11-18-34(25)29(36)41-31(4,5)6/h8-10,12-14,16,24-25,33H,11,15,17-20H2,1-7H3. The van der Waals surface area contributed by atoms with Gasteiger partial charge in [0.2, 0.25) is 10.0 Å². The number of piperidine rings is 1. The molecule has 1 amide bonds. The lowest BCUT2D eigenvalue weighted by Crippen LogP contribution is -2.58. The van der Waals surface area contributed by atoms with Crippen LogP contribution in [-0.4, -0.2) is 68.1 Å². The predicted molar refractivity (Wildman–Crippen MR) is 159 cm³/mol. The van der Waals surface area contributed by atoms with Crippen molar-refractivity contribution in [3.05, 3.63) is 53.8 Å². The second-order valence-corrected chi connectivity index (χ2v) is 14.3. The fourth-order valence-corrected chi connectivity index (χ4v) is 5.72. The van der Waals surface area contributed by atoms with Crippen LogP contribution in [0.2, 0.25) is 0 Å². The lowest BCUT2D eigenvalue weighted by molar-refractivity contribution is -0.155. The lowest BCUT2D eigenvalue weighted by Gasteiger charge is -2.41. The van der Waals surface area contributed by atoms with Crippen molar-refractivity contribution in [1.29, 1.82) is 0 Å². The molecule has 1 heterocycles. The SMILES string of the molecule is CC(C)(C)OC(=O)CCOc1ccccc1-c1cccc(CC2C(NS(C)(=O)=O)CCCN2C(=O)OC(C)(C)C)c1F. The number of para-hydroxylation sites is 1. The number of hydrogen-bond acceptors (Lipinski definition) is 7. The average molecular weight is 607 g/mol. The molecular weight excluding hydrogens is 563 g/mol. The largest absolute Gasteiger partial charge is 0.492 e. The van der Waals surface area contributed by atoms with Crippen LogP contribution >= 0.6 is 0 Å². The second-order valence-electron chi connectivity index (χ2n) is 12.5. The molecule has 0 bridgehead atoms. The number of nitrogens with zero attached hydrogens (tertiary/aromatic N) is 1. The van der Waals surface area contributed by atoms with Gasteiger partial charge in [0, 0.05) is 23.7 Å². The van der Waals surface area contributed by atoms with Crippen LogP contribution in [0, 0.1) is 5.82 Å². The number of likely N-dealkylation sites (tertiary alicyclic amines) is 1. The summed E-state index contributed by atoms with van der Waals surface area (Å²) >= 11 is 0. The Labute approximate surface area is 248 Å². The van der Waals surface area contributed by atoms with Gasteiger partial charge in [-0.3, -0.25) is 4.79 Å². The third kappa shape index (κ3) is 9.97. The molecule has 3 rings (SSSR count). The van der Waals surface area contributed by atoms with E-state index < -0.39 is 51.2 Å². The highest BCUT2D eigenvalue weighted by Gasteiger charge is 2.38. The molecule has 1 fully saturated rings. The zero-order valence-corrected chi connectivity index (χ0v) is 26.3. The van der Waals surface area contributed by atoms with E-state index in [4.69, 9.17) is 14.2 Å². The molecule has 1 saturated heterocycles. The number of ether oxygens (including phenoxy) is 3. The van der Waals surface area contributed by atoms with Crippen LogP contribution in [0.1, 0.15) is 66.4 Å². The fourth-order valence-electron chi connectivity index (χ4n) is 4.89. The summed E-state index contributed by atoms with van der Waals surface area (Å²) in [4.78, 5) is 26.8. The topological polar surface area (TPSA) is 111 Å². The maximum Gasteiger partial charge on any atom is 0.410 e. The highest BCUT2D eigenvalue weighted by atomic mass is 32.2. The molecule has 2 aromatic rings. The molecule has 1 aliphatic rings. The van der Waals surface area contributed by atoms with E-state index in [0.717, 1.165) is 6.26 Å². The number of esters is 1. The molecule has 2 unspecified atom stereocenters. The first-order chi connectivity index (χ1) is 19.4. The third-order valence-corrected chi connectivity index (χ3v) is 7.17. The van der Waals surface area contributed by atoms with Crippen molar-refractivity contribution < 1.29 is 36.6 Å². The van der Waals surface area contributed by atoms with Gasteiger partial charge in [-0.25, -0.2) is 22.3 Å². The van der Waals surface area contributed by atoms with Crippen LogP contribution in [0.25, 0.3) is 11.1 Å². The van der Waals surface area contributed by atoms with E-state index in [-0.39, 0.29) is 25.0 Å². The van der Waals surface area contributed by atoms with Crippen LogP contribution in [0.3, 0.4) is 0 Å². The van der Waals surface area contributed by atoms with Crippen LogP contribution in [0.5, 0.6) is 5.75 Å². The Kier molecular flexibility index (Phi) is 10.6. The molecule has 232 valence electrons. The zero-order chi connectivity index (χ0) is 31.3. The number of carbonyl (C=O) groups excluding carboxylic acids is 2. The van der Waals surface area contributed by atoms with E-state index in [1.165, 1.54) is 4.90 Å². The molecule has 1 aliphatic heterocycles. The molecular formula is C31H43FN2O7S. The summed E-state index contributed by atoms with van der Waals surface area (Å²) < 4.78 is 60.0. The monoisotopic (exact) mass is 606 g/mol. The van der Waals surface area contributed by atoms with Gasteiger partial charge in [-0.1, -0.05) is 36.4 Å². The molecule has 42 heavy (non-hydrogen) atoms. The minimum atomic E-state index is -3.60. The number of amides is 1. The van der Waals surface area contributed by atoms with Gasteiger partial charge in [-0.05, 0) is 72.4 Å². The molecule has 0 spiro atoms. The van der Waals surface area contributed by atoms with Gasteiger partial charge in [0.05, 0.1) is 25.3 Å². The Morgan fingerprint density at radius 1 is 0.976 bits per heavy atom. The van der Waals surface area contributed by atoms with Crippen molar-refractivity contribution in [2.24, 2.45) is 0 Å². The summed E-state index contributed by atoms with van der Waals surface area (Å²) in [6.07, 6.45) is 1.65. The van der Waals surface area contributed by atoms with Crippen molar-refractivity contribution in [2.45, 2.75) is 90.5 Å². The molecule has 0 aliphatic carbocycles. The molecule has 1 N–H and O–H groups in total. The molecule has 0 radical (unpaired) electrons. The summed E-state index contributed by atoms with van der Waals surface area (Å²) in [7, 11) is -3.60. The van der Waals surface area contributed by atoms with Gasteiger partial charge in [0.1, 0.15) is 22.8 Å². The smallest absolute Gasteiger partial charge is 0.410 e. The van der Waals surface area contributed by atoms with Crippen LogP contribution in [0.4, 0.5) is 9.18 Å². The molecule has 9 nitrogen and oxygen atoms in total. The first-order valence-corrected chi connectivity index (χ1v) is 16.0. The van der Waals surface area contributed by atoms with Crippen molar-refractivity contribution >= 4 is 22.1 Å². The first-order valence-electron chi connectivity index (χ1n) is 14.1. The Bertz CT molecular complexity index is 1370. The summed E-state index contributed by atoms with van der Waals surface area (Å²) in [5, 5.41) is 0. The fraction of sp³-hybridized carbons (Fsp3) is 0.548. The van der Waals surface area contributed by atoms with Gasteiger partial charge < -0.3 is 19.1 Å². The van der Waals surface area contributed by atoms with Crippen molar-refractivity contribution in [3.8, 4) is 16.9 Å². The molecule has 0 aromatic heterocycles.